The van der Waals surface area contributed by atoms with Gasteiger partial charge in [0.15, 0.2) is 5.65 Å². The summed E-state index contributed by atoms with van der Waals surface area (Å²) in [7, 11) is 0. The molecule has 1 aromatic carbocycles. The molecular weight excluding hydrogens is 587 g/mol. The number of fused-ring (bicyclic) bond motifs is 3. The Morgan fingerprint density at radius 3 is 2.61 bits per heavy atom. The van der Waals surface area contributed by atoms with Gasteiger partial charge in [-0.15, -0.1) is 5.10 Å². The fourth-order valence-corrected chi connectivity index (χ4v) is 7.66. The van der Waals surface area contributed by atoms with Crippen LogP contribution >= 0.6 is 0 Å². The van der Waals surface area contributed by atoms with E-state index in [4.69, 9.17) is 14.8 Å². The summed E-state index contributed by atoms with van der Waals surface area (Å²) in [5, 5.41) is 19.0. The predicted octanol–water partition coefficient (Wildman–Crippen LogP) is 2.04. The molecule has 0 aliphatic carbocycles. The highest BCUT2D eigenvalue weighted by Crippen LogP contribution is 2.43. The number of carbonyl (C=O) groups is 1. The molecular formula is C34H47FN8O3. The van der Waals surface area contributed by atoms with Crippen LogP contribution in [0.5, 0.6) is 0 Å². The van der Waals surface area contributed by atoms with E-state index in [9.17, 15) is 14.3 Å². The zero-order chi connectivity index (χ0) is 32.4. The summed E-state index contributed by atoms with van der Waals surface area (Å²) < 4.78 is 21.4. The zero-order valence-electron chi connectivity index (χ0n) is 27.7. The van der Waals surface area contributed by atoms with Crippen molar-refractivity contribution in [1.82, 2.24) is 29.7 Å². The number of morpholine rings is 1. The summed E-state index contributed by atoms with van der Waals surface area (Å²) in [6, 6.07) is 9.49. The maximum Gasteiger partial charge on any atom is 0.245 e. The van der Waals surface area contributed by atoms with Gasteiger partial charge in [-0.2, -0.15) is 4.98 Å². The van der Waals surface area contributed by atoms with Crippen molar-refractivity contribution in [2.24, 2.45) is 0 Å². The first-order valence-corrected chi connectivity index (χ1v) is 16.6. The van der Waals surface area contributed by atoms with Gasteiger partial charge in [0.05, 0.1) is 49.8 Å². The van der Waals surface area contributed by atoms with Gasteiger partial charge in [-0.05, 0) is 44.5 Å². The summed E-state index contributed by atoms with van der Waals surface area (Å²) in [5.74, 6) is 0.364. The van der Waals surface area contributed by atoms with Gasteiger partial charge in [0.1, 0.15) is 5.82 Å². The summed E-state index contributed by atoms with van der Waals surface area (Å²) in [6.07, 6.45) is 0.518. The number of piperazine rings is 1. The van der Waals surface area contributed by atoms with Gasteiger partial charge in [-0.3, -0.25) is 14.6 Å². The molecule has 2 N–H and O–H groups in total. The van der Waals surface area contributed by atoms with Crippen molar-refractivity contribution >= 4 is 23.2 Å². The lowest BCUT2D eigenvalue weighted by Crippen LogP contribution is -2.62. The van der Waals surface area contributed by atoms with Crippen molar-refractivity contribution in [3.8, 4) is 0 Å². The summed E-state index contributed by atoms with van der Waals surface area (Å²) >= 11 is 0. The van der Waals surface area contributed by atoms with Gasteiger partial charge < -0.3 is 25.0 Å². The number of hydrogen-bond donors (Lipinski definition) is 2. The molecule has 3 fully saturated rings. The van der Waals surface area contributed by atoms with E-state index < -0.39 is 5.60 Å². The van der Waals surface area contributed by atoms with E-state index in [2.05, 4.69) is 48.9 Å². The number of hydrogen-bond acceptors (Lipinski definition) is 9. The molecule has 46 heavy (non-hydrogen) atoms. The van der Waals surface area contributed by atoms with Gasteiger partial charge in [-0.1, -0.05) is 26.0 Å². The number of pyridine rings is 1. The third kappa shape index (κ3) is 6.01. The molecule has 7 rings (SSSR count). The second-order valence-electron chi connectivity index (χ2n) is 14.9. The van der Waals surface area contributed by atoms with Crippen molar-refractivity contribution in [1.29, 1.82) is 0 Å². The minimum absolute atomic E-state index is 0.0761. The number of anilines is 2. The van der Waals surface area contributed by atoms with Crippen LogP contribution in [0.1, 0.15) is 51.4 Å². The van der Waals surface area contributed by atoms with Crippen LogP contribution in [0.4, 0.5) is 16.0 Å². The summed E-state index contributed by atoms with van der Waals surface area (Å²) in [4.78, 5) is 28.1. The Kier molecular flexibility index (Phi) is 8.08. The number of carbonyl (C=O) groups excluding carboxylic acids is 1. The molecule has 0 spiro atoms. The predicted molar refractivity (Wildman–Crippen MR) is 175 cm³/mol. The number of β-amino-alcohol motifs (C(OH)–C–C–N with tert-alkyl or cyclic N) is 1. The van der Waals surface area contributed by atoms with E-state index in [0.29, 0.717) is 50.6 Å². The van der Waals surface area contributed by atoms with E-state index in [1.807, 2.05) is 21.2 Å². The highest BCUT2D eigenvalue weighted by atomic mass is 19.1. The molecule has 0 bridgehead atoms. The van der Waals surface area contributed by atoms with E-state index in [1.54, 1.807) is 12.1 Å². The minimum atomic E-state index is -0.766. The number of rotatable bonds is 7. The maximum atomic E-state index is 14.4. The number of ether oxygens (including phenoxy) is 1. The topological polar surface area (TPSA) is 102 Å². The fourth-order valence-electron chi connectivity index (χ4n) is 7.66. The zero-order valence-corrected chi connectivity index (χ0v) is 27.7. The Morgan fingerprint density at radius 2 is 1.89 bits per heavy atom. The first-order chi connectivity index (χ1) is 21.9. The van der Waals surface area contributed by atoms with Crippen LogP contribution in [-0.4, -0.2) is 125 Å². The Labute approximate surface area is 270 Å². The van der Waals surface area contributed by atoms with E-state index in [-0.39, 0.29) is 23.2 Å². The third-order valence-corrected chi connectivity index (χ3v) is 10.1. The number of nitrogens with one attached hydrogen (secondary N) is 1. The van der Waals surface area contributed by atoms with Crippen molar-refractivity contribution < 1.29 is 19.0 Å². The molecule has 6 heterocycles. The molecule has 3 saturated heterocycles. The number of amides is 1. The van der Waals surface area contributed by atoms with Crippen LogP contribution < -0.4 is 15.1 Å². The lowest BCUT2D eigenvalue weighted by molar-refractivity contribution is -0.121. The number of benzene rings is 1. The molecule has 0 radical (unpaired) electrons. The van der Waals surface area contributed by atoms with Crippen LogP contribution in [0.15, 0.2) is 30.3 Å². The Bertz CT molecular complexity index is 1600. The van der Waals surface area contributed by atoms with Gasteiger partial charge in [0.2, 0.25) is 11.9 Å². The van der Waals surface area contributed by atoms with Crippen molar-refractivity contribution in [2.75, 3.05) is 75.4 Å². The van der Waals surface area contributed by atoms with Crippen molar-refractivity contribution in [3.63, 3.8) is 0 Å². The monoisotopic (exact) mass is 634 g/mol. The maximum absolute atomic E-state index is 14.4. The standard InChI is InChI=1S/C34H47FN8O3/c1-22-15-40(27(14-36-22)16-39-10-11-46-18-23(39)2)17-29(44)42-19-33(3,4)30-28(42)13-25(12-24-6-8-26(35)9-7-24)31-37-32(38-43(30)31)41-20-34(5,45)21-41/h6-9,13,22-23,27,36,45H,10-12,14-21H2,1-5H3/t22-,23-,27-/m1/s1. The number of aliphatic hydroxyl groups is 1. The molecule has 4 aliphatic heterocycles. The van der Waals surface area contributed by atoms with E-state index in [0.717, 1.165) is 67.5 Å². The van der Waals surface area contributed by atoms with E-state index >= 15 is 0 Å². The average Bonchev–Trinajstić information content (AvgIpc) is 3.54. The van der Waals surface area contributed by atoms with Crippen LogP contribution in [0.25, 0.3) is 5.65 Å². The highest BCUT2D eigenvalue weighted by Gasteiger charge is 2.44. The van der Waals surface area contributed by atoms with Gasteiger partial charge in [0, 0.05) is 68.2 Å². The highest BCUT2D eigenvalue weighted by molar-refractivity contribution is 5.98. The molecule has 11 nitrogen and oxygen atoms in total. The molecule has 0 unspecified atom stereocenters. The molecule has 248 valence electrons. The van der Waals surface area contributed by atoms with Crippen molar-refractivity contribution in [3.05, 3.63) is 53.0 Å². The lowest BCUT2D eigenvalue weighted by Gasteiger charge is -2.43. The second-order valence-corrected chi connectivity index (χ2v) is 14.9. The SMILES string of the molecule is C[C@@H]1CN(CC(=O)N2CC(C)(C)c3c2cc(Cc2ccc(F)cc2)c2nc(N4CC(C)(O)C4)nn32)[C@@H](CN2CCOC[C@H]2C)CN1. The molecule has 3 aromatic rings. The molecule has 0 saturated carbocycles. The smallest absolute Gasteiger partial charge is 0.245 e. The number of nitrogens with zero attached hydrogens (tertiary/aromatic N) is 7. The van der Waals surface area contributed by atoms with E-state index in [1.165, 1.54) is 12.1 Å². The van der Waals surface area contributed by atoms with Crippen LogP contribution in [0.2, 0.25) is 0 Å². The molecule has 12 heteroatoms. The van der Waals surface area contributed by atoms with Crippen LogP contribution in [0, 0.1) is 5.82 Å². The second kappa shape index (κ2) is 11.8. The lowest BCUT2D eigenvalue weighted by atomic mass is 9.90. The Morgan fingerprint density at radius 1 is 1.13 bits per heavy atom. The Balaban J connectivity index is 1.22. The van der Waals surface area contributed by atoms with Crippen molar-refractivity contribution in [2.45, 2.75) is 70.2 Å². The van der Waals surface area contributed by atoms with Gasteiger partial charge >= 0.3 is 0 Å². The quantitative estimate of drug-likeness (QED) is 0.405. The summed E-state index contributed by atoms with van der Waals surface area (Å²) in [6.45, 7) is 17.2. The minimum Gasteiger partial charge on any atom is -0.386 e. The van der Waals surface area contributed by atoms with Crippen LogP contribution in [-0.2, 0) is 21.4 Å². The number of halogens is 1. The fraction of sp³-hybridized carbons (Fsp3) is 0.618. The largest absolute Gasteiger partial charge is 0.386 e. The molecule has 4 aliphatic rings. The first kappa shape index (κ1) is 31.4. The van der Waals surface area contributed by atoms with Gasteiger partial charge in [0.25, 0.3) is 0 Å². The average molecular weight is 635 g/mol. The summed E-state index contributed by atoms with van der Waals surface area (Å²) in [5.41, 5.74) is 3.26. The molecule has 3 atom stereocenters. The third-order valence-electron chi connectivity index (χ3n) is 10.1. The Hall–Kier alpha value is -3.16. The number of aromatic nitrogens is 3. The normalized spacial score (nSPS) is 26.4. The molecule has 2 aromatic heterocycles. The first-order valence-electron chi connectivity index (χ1n) is 16.6. The van der Waals surface area contributed by atoms with Crippen LogP contribution in [0.3, 0.4) is 0 Å². The molecule has 1 amide bonds. The van der Waals surface area contributed by atoms with Gasteiger partial charge in [-0.25, -0.2) is 8.91 Å².